The highest BCUT2D eigenvalue weighted by molar-refractivity contribution is 5.95. The minimum Gasteiger partial charge on any atom is -0.0984 e. The Morgan fingerprint density at radius 2 is 1.22 bits per heavy atom. The first kappa shape index (κ1) is 12.6. The number of rotatable bonds is 4. The zero-order valence-electron chi connectivity index (χ0n) is 11.3. The van der Waals surface area contributed by atoms with E-state index in [2.05, 4.69) is 51.3 Å². The van der Waals surface area contributed by atoms with Gasteiger partial charge in [-0.2, -0.15) is 0 Å². The van der Waals surface area contributed by atoms with Gasteiger partial charge in [0.1, 0.15) is 0 Å². The van der Waals surface area contributed by atoms with E-state index in [0.29, 0.717) is 0 Å². The fourth-order valence-electron chi connectivity index (χ4n) is 2.85. The molecule has 2 aromatic carbocycles. The lowest BCUT2D eigenvalue weighted by molar-refractivity contribution is 1.12. The Morgan fingerprint density at radius 3 is 1.50 bits per heavy atom. The highest BCUT2D eigenvalue weighted by Gasteiger charge is 2.13. The molecule has 2 aromatic rings. The van der Waals surface area contributed by atoms with Crippen molar-refractivity contribution in [2.24, 2.45) is 0 Å². The van der Waals surface area contributed by atoms with Gasteiger partial charge in [-0.05, 0) is 45.9 Å². The van der Waals surface area contributed by atoms with E-state index in [0.717, 1.165) is 12.8 Å². The molecule has 0 saturated carbocycles. The molecule has 2 rings (SSSR count). The second-order valence-electron chi connectivity index (χ2n) is 4.45. The topological polar surface area (TPSA) is 0 Å². The van der Waals surface area contributed by atoms with Crippen molar-refractivity contribution in [3.63, 3.8) is 0 Å². The van der Waals surface area contributed by atoms with Gasteiger partial charge in [-0.25, -0.2) is 0 Å². The number of aryl methyl sites for hydroxylation is 2. The summed E-state index contributed by atoms with van der Waals surface area (Å²) in [6, 6.07) is 8.66. The Morgan fingerprint density at radius 1 is 0.833 bits per heavy atom. The molecule has 0 N–H and O–H groups in total. The van der Waals surface area contributed by atoms with Crippen LogP contribution in [0.4, 0.5) is 0 Å². The summed E-state index contributed by atoms with van der Waals surface area (Å²) < 4.78 is 0. The lowest BCUT2D eigenvalue weighted by atomic mass is 9.87. The van der Waals surface area contributed by atoms with Crippen molar-refractivity contribution in [1.82, 2.24) is 0 Å². The summed E-state index contributed by atoms with van der Waals surface area (Å²) in [5, 5.41) is 2.72. The van der Waals surface area contributed by atoms with Gasteiger partial charge in [-0.1, -0.05) is 63.4 Å². The highest BCUT2D eigenvalue weighted by atomic mass is 14.2. The van der Waals surface area contributed by atoms with Crippen LogP contribution in [0, 0.1) is 0 Å². The van der Waals surface area contributed by atoms with E-state index in [1.165, 1.54) is 33.0 Å². The van der Waals surface area contributed by atoms with Gasteiger partial charge >= 0.3 is 0 Å². The quantitative estimate of drug-likeness (QED) is 0.680. The lowest BCUT2D eigenvalue weighted by Crippen LogP contribution is -1.99. The zero-order chi connectivity index (χ0) is 13.1. The monoisotopic (exact) mass is 236 g/mol. The summed E-state index contributed by atoms with van der Waals surface area (Å²) >= 11 is 0. The number of fused-ring (bicyclic) bond motifs is 1. The Balaban J connectivity index is 3.03. The first-order valence-electron chi connectivity index (χ1n) is 6.59. The molecule has 0 unspecified atom stereocenters. The smallest absolute Gasteiger partial charge is 0.0143 e. The molecule has 92 valence electrons. The van der Waals surface area contributed by atoms with E-state index < -0.39 is 0 Å². The molecule has 0 spiro atoms. The average molecular weight is 236 g/mol. The van der Waals surface area contributed by atoms with E-state index in [1.54, 1.807) is 0 Å². The van der Waals surface area contributed by atoms with Crippen LogP contribution in [0.25, 0.3) is 22.9 Å². The van der Waals surface area contributed by atoms with Crippen LogP contribution in [0.15, 0.2) is 37.4 Å². The molecule has 0 fully saturated rings. The molecule has 0 heterocycles. The van der Waals surface area contributed by atoms with Crippen LogP contribution in [0.2, 0.25) is 0 Å². The van der Waals surface area contributed by atoms with Gasteiger partial charge in [-0.3, -0.25) is 0 Å². The van der Waals surface area contributed by atoms with Gasteiger partial charge in [0.25, 0.3) is 0 Å². The molecule has 0 radical (unpaired) electrons. The van der Waals surface area contributed by atoms with Gasteiger partial charge in [-0.15, -0.1) is 0 Å². The van der Waals surface area contributed by atoms with E-state index >= 15 is 0 Å². The first-order chi connectivity index (χ1) is 8.78. The van der Waals surface area contributed by atoms with Crippen LogP contribution >= 0.6 is 0 Å². The van der Waals surface area contributed by atoms with Crippen molar-refractivity contribution in [2.75, 3.05) is 0 Å². The van der Waals surface area contributed by atoms with Gasteiger partial charge in [0.05, 0.1) is 0 Å². The third kappa shape index (κ3) is 1.78. The minimum absolute atomic E-state index is 1.02. The summed E-state index contributed by atoms with van der Waals surface area (Å²) in [6.45, 7) is 12.4. The van der Waals surface area contributed by atoms with Crippen LogP contribution in [0.1, 0.15) is 36.1 Å². The van der Waals surface area contributed by atoms with Crippen LogP contribution in [0.5, 0.6) is 0 Å². The summed E-state index contributed by atoms with van der Waals surface area (Å²) in [7, 11) is 0. The van der Waals surface area contributed by atoms with Gasteiger partial charge in [0.2, 0.25) is 0 Å². The molecule has 0 aromatic heterocycles. The van der Waals surface area contributed by atoms with E-state index in [9.17, 15) is 0 Å². The van der Waals surface area contributed by atoms with E-state index in [-0.39, 0.29) is 0 Å². The molecule has 0 aliphatic carbocycles. The van der Waals surface area contributed by atoms with Gasteiger partial charge in [0.15, 0.2) is 0 Å². The second-order valence-corrected chi connectivity index (χ2v) is 4.45. The maximum atomic E-state index is 3.98. The van der Waals surface area contributed by atoms with E-state index in [4.69, 9.17) is 0 Å². The molecule has 0 bridgehead atoms. The fraction of sp³-hybridized carbons (Fsp3) is 0.222. The number of hydrogen-bond acceptors (Lipinski definition) is 0. The Labute approximate surface area is 110 Å². The van der Waals surface area contributed by atoms with E-state index in [1.807, 2.05) is 12.2 Å². The average Bonchev–Trinajstić information content (AvgIpc) is 2.44. The molecule has 0 saturated heterocycles. The van der Waals surface area contributed by atoms with Crippen molar-refractivity contribution < 1.29 is 0 Å². The SMILES string of the molecule is C=Cc1c(C=C)c(CC)c2ccccc2c1CC. The molecular weight excluding hydrogens is 216 g/mol. The van der Waals surface area contributed by atoms with Gasteiger partial charge in [0, 0.05) is 0 Å². The maximum absolute atomic E-state index is 3.98. The molecule has 0 aliphatic rings. The Kier molecular flexibility index (Phi) is 3.66. The normalized spacial score (nSPS) is 10.6. The highest BCUT2D eigenvalue weighted by Crippen LogP contribution is 2.32. The lowest BCUT2D eigenvalue weighted by Gasteiger charge is -2.17. The third-order valence-corrected chi connectivity index (χ3v) is 3.63. The van der Waals surface area contributed by atoms with Crippen LogP contribution in [-0.4, -0.2) is 0 Å². The maximum Gasteiger partial charge on any atom is -0.0143 e. The van der Waals surface area contributed by atoms with Crippen molar-refractivity contribution in [2.45, 2.75) is 26.7 Å². The molecule has 0 heteroatoms. The predicted octanol–water partition coefficient (Wildman–Crippen LogP) is 5.25. The van der Waals surface area contributed by atoms with Crippen LogP contribution in [-0.2, 0) is 12.8 Å². The number of hydrogen-bond donors (Lipinski definition) is 0. The Bertz CT molecular complexity index is 548. The number of benzene rings is 2. The van der Waals surface area contributed by atoms with Crippen molar-refractivity contribution in [3.05, 3.63) is 59.7 Å². The molecule has 18 heavy (non-hydrogen) atoms. The second kappa shape index (κ2) is 5.22. The van der Waals surface area contributed by atoms with Gasteiger partial charge < -0.3 is 0 Å². The summed E-state index contributed by atoms with van der Waals surface area (Å²) in [6.07, 6.45) is 5.99. The standard InChI is InChI=1S/C18H20/c1-5-13-14(6-2)16(8-4)18-12-10-9-11-17(18)15(13)7-3/h5-6,9-12H,1-2,7-8H2,3-4H3. The molecule has 0 amide bonds. The van der Waals surface area contributed by atoms with Crippen molar-refractivity contribution in [1.29, 1.82) is 0 Å². The first-order valence-corrected chi connectivity index (χ1v) is 6.59. The van der Waals surface area contributed by atoms with Crippen LogP contribution in [0.3, 0.4) is 0 Å². The fourth-order valence-corrected chi connectivity index (χ4v) is 2.85. The largest absolute Gasteiger partial charge is 0.0984 e. The summed E-state index contributed by atoms with van der Waals surface area (Å²) in [5.74, 6) is 0. The molecule has 0 nitrogen and oxygen atoms in total. The van der Waals surface area contributed by atoms with Crippen molar-refractivity contribution >= 4 is 22.9 Å². The van der Waals surface area contributed by atoms with Crippen LogP contribution < -0.4 is 0 Å². The summed E-state index contributed by atoms with van der Waals surface area (Å²) in [5.41, 5.74) is 5.27. The predicted molar refractivity (Wildman–Crippen MR) is 82.9 cm³/mol. The molecular formula is C18H20. The third-order valence-electron chi connectivity index (χ3n) is 3.63. The summed E-state index contributed by atoms with van der Waals surface area (Å²) in [4.78, 5) is 0. The zero-order valence-corrected chi connectivity index (χ0v) is 11.3. The molecule has 0 aliphatic heterocycles. The molecule has 0 atom stereocenters. The Hall–Kier alpha value is -1.82. The minimum atomic E-state index is 1.02. The van der Waals surface area contributed by atoms with Crippen molar-refractivity contribution in [3.8, 4) is 0 Å².